The maximum absolute atomic E-state index is 10.1. The molecule has 1 fully saturated rings. The normalized spacial score (nSPS) is 36.1. The van der Waals surface area contributed by atoms with Crippen LogP contribution in [0.2, 0.25) is 0 Å². The van der Waals surface area contributed by atoms with Crippen molar-refractivity contribution >= 4 is 0 Å². The quantitative estimate of drug-likeness (QED) is 0.184. The summed E-state index contributed by atoms with van der Waals surface area (Å²) in [5.74, 6) is 0. The molecule has 0 aromatic carbocycles. The second-order valence-corrected chi connectivity index (χ2v) is 5.63. The predicted octanol–water partition coefficient (Wildman–Crippen LogP) is -4.79. The molecule has 9 N–H and O–H groups in total. The van der Waals surface area contributed by atoms with Gasteiger partial charge in [-0.15, -0.1) is 0 Å². The van der Waals surface area contributed by atoms with E-state index in [-0.39, 0.29) is 0 Å². The molecule has 0 bridgehead atoms. The van der Waals surface area contributed by atoms with Gasteiger partial charge in [0, 0.05) is 0 Å². The number of hydrogen-bond acceptors (Lipinski definition) is 11. The van der Waals surface area contributed by atoms with Crippen molar-refractivity contribution < 1.29 is 50.0 Å². The fourth-order valence-corrected chi connectivity index (χ4v) is 2.21. The topological polar surface area (TPSA) is 195 Å². The van der Waals surface area contributed by atoms with Crippen LogP contribution in [-0.2, 0) is 14.2 Å². The van der Waals surface area contributed by atoms with Gasteiger partial charge in [0.15, 0.2) is 12.6 Å². The summed E-state index contributed by atoms with van der Waals surface area (Å²) >= 11 is 0. The maximum Gasteiger partial charge on any atom is 0.186 e. The molecule has 0 spiro atoms. The van der Waals surface area contributed by atoms with E-state index < -0.39 is 75.1 Å². The SMILES string of the molecule is C[C@@H](O)C(CO)O[C@@H](O[C@@H]1C(CO)OC(O)C(N)C1O)[C@@H](O)CO. The van der Waals surface area contributed by atoms with Crippen molar-refractivity contribution in [1.82, 2.24) is 0 Å². The summed E-state index contributed by atoms with van der Waals surface area (Å²) in [6, 6.07) is -1.24. The second kappa shape index (κ2) is 9.89. The van der Waals surface area contributed by atoms with Gasteiger partial charge in [0.2, 0.25) is 0 Å². The molecule has 1 aliphatic heterocycles. The van der Waals surface area contributed by atoms with Crippen LogP contribution in [0.4, 0.5) is 0 Å². The van der Waals surface area contributed by atoms with Crippen molar-refractivity contribution in [3.63, 3.8) is 0 Å². The maximum atomic E-state index is 10.1. The lowest BCUT2D eigenvalue weighted by Gasteiger charge is -2.42. The summed E-state index contributed by atoms with van der Waals surface area (Å²) in [5.41, 5.74) is 5.57. The summed E-state index contributed by atoms with van der Waals surface area (Å²) in [6.45, 7) is -0.663. The molecule has 1 rings (SSSR count). The predicted molar refractivity (Wildman–Crippen MR) is 77.3 cm³/mol. The monoisotopic (exact) mass is 357 g/mol. The van der Waals surface area contributed by atoms with Gasteiger partial charge < -0.3 is 55.7 Å². The average molecular weight is 357 g/mol. The number of ether oxygens (including phenoxy) is 3. The summed E-state index contributed by atoms with van der Waals surface area (Å²) in [6.07, 6.45) is -10.9. The largest absolute Gasteiger partial charge is 0.394 e. The van der Waals surface area contributed by atoms with Gasteiger partial charge in [-0.25, -0.2) is 0 Å². The summed E-state index contributed by atoms with van der Waals surface area (Å²) in [4.78, 5) is 0. The first-order valence-electron chi connectivity index (χ1n) is 7.53. The lowest BCUT2D eigenvalue weighted by atomic mass is 9.97. The Hall–Kier alpha value is -0.440. The molecule has 144 valence electrons. The van der Waals surface area contributed by atoms with E-state index in [2.05, 4.69) is 0 Å². The molecule has 5 unspecified atom stereocenters. The van der Waals surface area contributed by atoms with E-state index in [0.717, 1.165) is 0 Å². The van der Waals surface area contributed by atoms with Crippen molar-refractivity contribution in [2.45, 2.75) is 62.2 Å². The highest BCUT2D eigenvalue weighted by molar-refractivity contribution is 4.92. The number of aliphatic hydroxyl groups is 7. The molecule has 1 heterocycles. The van der Waals surface area contributed by atoms with Gasteiger partial charge >= 0.3 is 0 Å². The molecule has 0 saturated carbocycles. The molecule has 0 aromatic rings. The Bertz CT molecular complexity index is 358. The van der Waals surface area contributed by atoms with E-state index in [1.807, 2.05) is 0 Å². The van der Waals surface area contributed by atoms with Crippen molar-refractivity contribution in [3.05, 3.63) is 0 Å². The third-order valence-corrected chi connectivity index (χ3v) is 3.74. The van der Waals surface area contributed by atoms with Crippen LogP contribution in [0.15, 0.2) is 0 Å². The summed E-state index contributed by atoms with van der Waals surface area (Å²) in [5, 5.41) is 66.6. The van der Waals surface area contributed by atoms with Crippen LogP contribution in [0.1, 0.15) is 6.92 Å². The molecule has 0 aliphatic carbocycles. The number of aliphatic hydroxyl groups excluding tert-OH is 7. The molecule has 9 atom stereocenters. The average Bonchev–Trinajstić information content (AvgIpc) is 2.56. The van der Waals surface area contributed by atoms with Gasteiger partial charge in [-0.1, -0.05) is 0 Å². The van der Waals surface area contributed by atoms with Crippen molar-refractivity contribution in [1.29, 1.82) is 0 Å². The van der Waals surface area contributed by atoms with Crippen LogP contribution in [-0.4, -0.2) is 111 Å². The first-order valence-corrected chi connectivity index (χ1v) is 7.53. The Balaban J connectivity index is 2.90. The molecule has 24 heavy (non-hydrogen) atoms. The molecule has 0 aromatic heterocycles. The minimum atomic E-state index is -1.58. The van der Waals surface area contributed by atoms with E-state index in [1.165, 1.54) is 6.92 Å². The van der Waals surface area contributed by atoms with Crippen molar-refractivity contribution in [2.75, 3.05) is 19.8 Å². The van der Waals surface area contributed by atoms with E-state index >= 15 is 0 Å². The number of rotatable bonds is 9. The molecule has 1 aliphatic rings. The molecule has 11 heteroatoms. The molecule has 0 amide bonds. The Kier molecular flexibility index (Phi) is 8.90. The Morgan fingerprint density at radius 1 is 1.12 bits per heavy atom. The van der Waals surface area contributed by atoms with Crippen LogP contribution in [0.3, 0.4) is 0 Å². The van der Waals surface area contributed by atoms with Crippen molar-refractivity contribution in [3.8, 4) is 0 Å². The first-order chi connectivity index (χ1) is 11.3. The van der Waals surface area contributed by atoms with E-state index in [4.69, 9.17) is 25.1 Å². The van der Waals surface area contributed by atoms with Gasteiger partial charge in [-0.2, -0.15) is 0 Å². The minimum Gasteiger partial charge on any atom is -0.394 e. The Labute approximate surface area is 138 Å². The third kappa shape index (κ3) is 5.28. The fraction of sp³-hybridized carbons (Fsp3) is 1.00. The highest BCUT2D eigenvalue weighted by Crippen LogP contribution is 2.24. The molecular formula is C13H27NO10. The fourth-order valence-electron chi connectivity index (χ4n) is 2.21. The minimum absolute atomic E-state index is 0.596. The van der Waals surface area contributed by atoms with Gasteiger partial charge in [0.05, 0.1) is 32.0 Å². The van der Waals surface area contributed by atoms with Crippen LogP contribution >= 0.6 is 0 Å². The molecule has 11 nitrogen and oxygen atoms in total. The van der Waals surface area contributed by atoms with Crippen LogP contribution < -0.4 is 5.73 Å². The lowest BCUT2D eigenvalue weighted by molar-refractivity contribution is -0.316. The van der Waals surface area contributed by atoms with E-state index in [0.29, 0.717) is 0 Å². The van der Waals surface area contributed by atoms with E-state index in [1.54, 1.807) is 0 Å². The Morgan fingerprint density at radius 2 is 1.75 bits per heavy atom. The number of nitrogens with two attached hydrogens (primary N) is 1. The van der Waals surface area contributed by atoms with Crippen molar-refractivity contribution in [2.24, 2.45) is 5.73 Å². The lowest BCUT2D eigenvalue weighted by Crippen LogP contribution is -2.64. The summed E-state index contributed by atoms with van der Waals surface area (Å²) in [7, 11) is 0. The third-order valence-electron chi connectivity index (χ3n) is 3.74. The highest BCUT2D eigenvalue weighted by Gasteiger charge is 2.45. The molecule has 0 radical (unpaired) electrons. The molecular weight excluding hydrogens is 330 g/mol. The molecule has 1 saturated heterocycles. The zero-order valence-corrected chi connectivity index (χ0v) is 13.3. The van der Waals surface area contributed by atoms with Crippen LogP contribution in [0.5, 0.6) is 0 Å². The number of hydrogen-bond donors (Lipinski definition) is 8. The highest BCUT2D eigenvalue weighted by atomic mass is 16.7. The summed E-state index contributed by atoms with van der Waals surface area (Å²) < 4.78 is 15.6. The van der Waals surface area contributed by atoms with Gasteiger partial charge in [-0.05, 0) is 6.92 Å². The second-order valence-electron chi connectivity index (χ2n) is 5.63. The standard InChI is InChI=1S/C13H27NO10/c1-5(18)7(3-16)23-13(6(19)2-15)24-11-8(4-17)22-12(21)9(14)10(11)20/h5-13,15-21H,2-4,14H2,1H3/t5-,6+,7?,8?,9?,10?,11-,12?,13+/m1/s1. The van der Waals surface area contributed by atoms with Crippen LogP contribution in [0, 0.1) is 0 Å². The Morgan fingerprint density at radius 3 is 2.21 bits per heavy atom. The van der Waals surface area contributed by atoms with Gasteiger partial charge in [-0.3, -0.25) is 0 Å². The smallest absolute Gasteiger partial charge is 0.186 e. The van der Waals surface area contributed by atoms with E-state index in [9.17, 15) is 30.6 Å². The first kappa shape index (κ1) is 21.6. The zero-order chi connectivity index (χ0) is 18.4. The zero-order valence-electron chi connectivity index (χ0n) is 13.3. The van der Waals surface area contributed by atoms with Gasteiger partial charge in [0.1, 0.15) is 30.5 Å². The van der Waals surface area contributed by atoms with Crippen LogP contribution in [0.25, 0.3) is 0 Å². The van der Waals surface area contributed by atoms with Gasteiger partial charge in [0.25, 0.3) is 0 Å².